The Bertz CT molecular complexity index is 1090. The van der Waals surface area contributed by atoms with Gasteiger partial charge in [0.15, 0.2) is 12.0 Å². The maximum absolute atomic E-state index is 10.6. The molecular weight excluding hydrogens is 380 g/mol. The molecule has 2 aliphatic rings. The Morgan fingerprint density at radius 3 is 2.83 bits per heavy atom. The van der Waals surface area contributed by atoms with Gasteiger partial charge in [-0.1, -0.05) is 12.8 Å². The summed E-state index contributed by atoms with van der Waals surface area (Å²) in [4.78, 5) is 4.16. The third-order valence-electron chi connectivity index (χ3n) is 5.79. The van der Waals surface area contributed by atoms with Gasteiger partial charge in [-0.15, -0.1) is 0 Å². The summed E-state index contributed by atoms with van der Waals surface area (Å²) in [6.07, 6.45) is 9.87. The van der Waals surface area contributed by atoms with Crippen LogP contribution in [0.25, 0.3) is 17.5 Å². The third-order valence-corrected chi connectivity index (χ3v) is 5.79. The first-order valence-corrected chi connectivity index (χ1v) is 10.1. The second-order valence-electron chi connectivity index (χ2n) is 7.62. The van der Waals surface area contributed by atoms with Crippen LogP contribution in [0.5, 0.6) is 0 Å². The van der Waals surface area contributed by atoms with E-state index in [-0.39, 0.29) is 12.0 Å². The van der Waals surface area contributed by atoms with E-state index < -0.39 is 6.23 Å². The van der Waals surface area contributed by atoms with Gasteiger partial charge in [-0.05, 0) is 43.2 Å². The number of hydrogen-bond donors (Lipinski definition) is 3. The highest BCUT2D eigenvalue weighted by Gasteiger charge is 2.33. The van der Waals surface area contributed by atoms with Crippen LogP contribution >= 0.6 is 0 Å². The van der Waals surface area contributed by atoms with Crippen molar-refractivity contribution >= 4 is 17.6 Å². The first-order chi connectivity index (χ1) is 14.7. The van der Waals surface area contributed by atoms with Crippen LogP contribution in [0.3, 0.4) is 0 Å². The van der Waals surface area contributed by atoms with E-state index in [1.54, 1.807) is 18.7 Å². The number of oxazole rings is 1. The average molecular weight is 402 g/mol. The normalized spacial score (nSPS) is 22.7. The number of anilines is 2. The van der Waals surface area contributed by atoms with Crippen molar-refractivity contribution in [1.29, 1.82) is 5.26 Å². The Morgan fingerprint density at radius 1 is 1.23 bits per heavy atom. The summed E-state index contributed by atoms with van der Waals surface area (Å²) < 4.78 is 7.26. The van der Waals surface area contributed by atoms with Gasteiger partial charge in [-0.2, -0.15) is 10.4 Å². The second kappa shape index (κ2) is 7.69. The van der Waals surface area contributed by atoms with Crippen molar-refractivity contribution in [3.8, 4) is 17.5 Å². The fourth-order valence-corrected chi connectivity index (χ4v) is 4.30. The second-order valence-corrected chi connectivity index (χ2v) is 7.62. The zero-order valence-electron chi connectivity index (χ0n) is 16.3. The lowest BCUT2D eigenvalue weighted by atomic mass is 9.85. The Morgan fingerprint density at radius 2 is 2.07 bits per heavy atom. The Balaban J connectivity index is 1.49. The lowest BCUT2D eigenvalue weighted by molar-refractivity contribution is 0.154. The van der Waals surface area contributed by atoms with Gasteiger partial charge in [0.2, 0.25) is 5.89 Å². The van der Waals surface area contributed by atoms with Gasteiger partial charge in [-0.25, -0.2) is 4.98 Å². The van der Waals surface area contributed by atoms with Crippen LogP contribution in [0, 0.1) is 17.2 Å². The molecule has 8 heteroatoms. The van der Waals surface area contributed by atoms with Gasteiger partial charge in [0.25, 0.3) is 0 Å². The largest absolute Gasteiger partial charge is 0.445 e. The van der Waals surface area contributed by atoms with Gasteiger partial charge >= 0.3 is 0 Å². The molecule has 1 aliphatic carbocycles. The number of fused-ring (bicyclic) bond motifs is 1. The van der Waals surface area contributed by atoms with E-state index >= 15 is 0 Å². The summed E-state index contributed by atoms with van der Waals surface area (Å²) >= 11 is 0. The molecule has 1 aromatic carbocycles. The van der Waals surface area contributed by atoms with Crippen LogP contribution in [-0.2, 0) is 0 Å². The molecule has 0 bridgehead atoms. The number of aliphatic hydroxyl groups excluding tert-OH is 1. The van der Waals surface area contributed by atoms with Gasteiger partial charge in [0.05, 0.1) is 35.5 Å². The van der Waals surface area contributed by atoms with E-state index in [0.717, 1.165) is 42.6 Å². The van der Waals surface area contributed by atoms with Crippen molar-refractivity contribution in [2.24, 2.45) is 5.92 Å². The zero-order valence-corrected chi connectivity index (χ0v) is 16.3. The Kier molecular flexibility index (Phi) is 4.73. The quantitative estimate of drug-likeness (QED) is 0.602. The van der Waals surface area contributed by atoms with Crippen molar-refractivity contribution in [2.75, 3.05) is 5.32 Å². The lowest BCUT2D eigenvalue weighted by Gasteiger charge is -2.28. The van der Waals surface area contributed by atoms with Crippen LogP contribution in [0.1, 0.15) is 49.2 Å². The molecule has 1 aliphatic heterocycles. The van der Waals surface area contributed by atoms with E-state index in [0.29, 0.717) is 17.3 Å². The van der Waals surface area contributed by atoms with E-state index in [2.05, 4.69) is 21.7 Å². The van der Waals surface area contributed by atoms with Gasteiger partial charge in [0, 0.05) is 17.5 Å². The Hall–Kier alpha value is -3.57. The monoisotopic (exact) mass is 402 g/mol. The van der Waals surface area contributed by atoms with Gasteiger partial charge in [-0.3, -0.25) is 4.68 Å². The summed E-state index contributed by atoms with van der Waals surface area (Å²) in [6, 6.07) is 10.1. The highest BCUT2D eigenvalue weighted by atomic mass is 16.3. The SMILES string of the molecule is N#C[C@H]1CCCCC1n1nc(Nc2ccc(-c3ncco3)cc2)c2c1C=CNC2O. The molecule has 0 saturated heterocycles. The molecule has 0 amide bonds. The predicted octanol–water partition coefficient (Wildman–Crippen LogP) is 4.10. The molecule has 3 aromatic rings. The average Bonchev–Trinajstić information content (AvgIpc) is 3.44. The minimum Gasteiger partial charge on any atom is -0.445 e. The molecule has 2 unspecified atom stereocenters. The highest BCUT2D eigenvalue weighted by molar-refractivity contribution is 5.69. The molecule has 3 heterocycles. The molecule has 8 nitrogen and oxygen atoms in total. The number of aromatic nitrogens is 3. The van der Waals surface area contributed by atoms with Crippen LogP contribution in [0.4, 0.5) is 11.5 Å². The molecule has 1 saturated carbocycles. The van der Waals surface area contributed by atoms with Crippen LogP contribution in [0.15, 0.2) is 47.3 Å². The first-order valence-electron chi connectivity index (χ1n) is 10.1. The number of aliphatic hydroxyl groups is 1. The molecule has 1 fully saturated rings. The number of rotatable bonds is 4. The number of nitrogens with zero attached hydrogens (tertiary/aromatic N) is 4. The molecule has 0 spiro atoms. The van der Waals surface area contributed by atoms with Crippen molar-refractivity contribution in [2.45, 2.75) is 38.0 Å². The summed E-state index contributed by atoms with van der Waals surface area (Å²) in [5, 5.41) is 31.3. The van der Waals surface area contributed by atoms with Crippen LogP contribution < -0.4 is 10.6 Å². The molecule has 0 radical (unpaired) electrons. The fourth-order valence-electron chi connectivity index (χ4n) is 4.30. The highest BCUT2D eigenvalue weighted by Crippen LogP contribution is 2.39. The topological polar surface area (TPSA) is 112 Å². The summed E-state index contributed by atoms with van der Waals surface area (Å²) in [7, 11) is 0. The molecule has 3 N–H and O–H groups in total. The van der Waals surface area contributed by atoms with Crippen molar-refractivity contribution in [3.05, 3.63) is 54.2 Å². The van der Waals surface area contributed by atoms with Crippen LogP contribution in [0.2, 0.25) is 0 Å². The number of hydrogen-bond acceptors (Lipinski definition) is 7. The van der Waals surface area contributed by atoms with Gasteiger partial charge < -0.3 is 20.2 Å². The summed E-state index contributed by atoms with van der Waals surface area (Å²) in [6.45, 7) is 0. The van der Waals surface area contributed by atoms with E-state index in [1.165, 1.54) is 0 Å². The van der Waals surface area contributed by atoms with Crippen LogP contribution in [-0.4, -0.2) is 19.9 Å². The number of nitrogens with one attached hydrogen (secondary N) is 2. The first kappa shape index (κ1) is 18.5. The van der Waals surface area contributed by atoms with E-state index in [9.17, 15) is 10.4 Å². The molecule has 30 heavy (non-hydrogen) atoms. The fraction of sp³-hybridized carbons (Fsp3) is 0.318. The number of benzene rings is 1. The van der Waals surface area contributed by atoms with Crippen molar-refractivity contribution in [3.63, 3.8) is 0 Å². The lowest BCUT2D eigenvalue weighted by Crippen LogP contribution is -2.25. The zero-order chi connectivity index (χ0) is 20.5. The minimum atomic E-state index is -0.864. The third kappa shape index (κ3) is 3.23. The maximum atomic E-state index is 10.6. The number of nitriles is 1. The van der Waals surface area contributed by atoms with E-state index in [1.807, 2.05) is 35.0 Å². The van der Waals surface area contributed by atoms with Crippen molar-refractivity contribution < 1.29 is 9.52 Å². The predicted molar refractivity (Wildman–Crippen MR) is 111 cm³/mol. The molecule has 2 aromatic heterocycles. The molecule has 3 atom stereocenters. The molecular formula is C22H22N6O2. The molecule has 5 rings (SSSR count). The summed E-state index contributed by atoms with van der Waals surface area (Å²) in [5.74, 6) is 1.07. The standard InChI is InChI=1S/C22H22N6O2/c23-13-15-3-1-2-4-17(15)28-18-9-10-24-21(29)19(18)20(27-28)26-16-7-5-14(6-8-16)22-25-11-12-30-22/h5-12,15,17,21,24,29H,1-4H2,(H,26,27)/t15-,17?,21?/m1/s1. The van der Waals surface area contributed by atoms with Crippen molar-refractivity contribution in [1.82, 2.24) is 20.1 Å². The van der Waals surface area contributed by atoms with E-state index in [4.69, 9.17) is 9.52 Å². The molecule has 152 valence electrons. The Labute approximate surface area is 173 Å². The van der Waals surface area contributed by atoms with Gasteiger partial charge in [0.1, 0.15) is 6.26 Å². The minimum absolute atomic E-state index is 0.00963. The maximum Gasteiger partial charge on any atom is 0.225 e. The smallest absolute Gasteiger partial charge is 0.225 e. The summed E-state index contributed by atoms with van der Waals surface area (Å²) in [5.41, 5.74) is 3.24.